The molecule has 3 aromatic carbocycles. The predicted molar refractivity (Wildman–Crippen MR) is 131 cm³/mol. The SMILES string of the molecule is COc1cc2c(cc1OC)[C@H](c1ccccc1)N(C[C@@H](O)COc1ccc(C(C)=O)cc1)CC2. The third kappa shape index (κ3) is 5.24. The van der Waals surface area contributed by atoms with E-state index in [0.717, 1.165) is 29.8 Å². The number of benzene rings is 3. The summed E-state index contributed by atoms with van der Waals surface area (Å²) in [6, 6.07) is 21.4. The first-order valence-electron chi connectivity index (χ1n) is 11.5. The molecule has 6 heteroatoms. The first kappa shape index (κ1) is 23.8. The predicted octanol–water partition coefficient (Wildman–Crippen LogP) is 4.29. The molecule has 34 heavy (non-hydrogen) atoms. The van der Waals surface area contributed by atoms with Gasteiger partial charge in [-0.2, -0.15) is 0 Å². The molecule has 178 valence electrons. The summed E-state index contributed by atoms with van der Waals surface area (Å²) in [6.45, 7) is 2.95. The van der Waals surface area contributed by atoms with Gasteiger partial charge in [-0.3, -0.25) is 9.69 Å². The number of hydrogen-bond donors (Lipinski definition) is 1. The third-order valence-electron chi connectivity index (χ3n) is 6.24. The summed E-state index contributed by atoms with van der Waals surface area (Å²) in [5.41, 5.74) is 4.17. The van der Waals surface area contributed by atoms with E-state index in [0.29, 0.717) is 23.6 Å². The number of aliphatic hydroxyl groups is 1. The fourth-order valence-electron chi connectivity index (χ4n) is 4.52. The highest BCUT2D eigenvalue weighted by atomic mass is 16.5. The van der Waals surface area contributed by atoms with Gasteiger partial charge in [0.25, 0.3) is 0 Å². The van der Waals surface area contributed by atoms with Gasteiger partial charge in [-0.1, -0.05) is 30.3 Å². The van der Waals surface area contributed by atoms with Gasteiger partial charge in [0.1, 0.15) is 18.5 Å². The summed E-state index contributed by atoms with van der Waals surface area (Å²) in [7, 11) is 3.30. The summed E-state index contributed by atoms with van der Waals surface area (Å²) >= 11 is 0. The number of methoxy groups -OCH3 is 2. The van der Waals surface area contributed by atoms with Gasteiger partial charge in [0.05, 0.1) is 20.3 Å². The Morgan fingerprint density at radius 3 is 2.35 bits per heavy atom. The lowest BCUT2D eigenvalue weighted by molar-refractivity contribution is 0.0553. The van der Waals surface area contributed by atoms with Gasteiger partial charge in [-0.25, -0.2) is 0 Å². The molecule has 6 nitrogen and oxygen atoms in total. The van der Waals surface area contributed by atoms with Crippen LogP contribution in [-0.2, 0) is 6.42 Å². The second kappa shape index (κ2) is 10.7. The summed E-state index contributed by atoms with van der Waals surface area (Å²) in [5, 5.41) is 10.8. The van der Waals surface area contributed by atoms with Crippen molar-refractivity contribution in [1.82, 2.24) is 4.90 Å². The van der Waals surface area contributed by atoms with Crippen molar-refractivity contribution in [2.75, 3.05) is 33.9 Å². The van der Waals surface area contributed by atoms with Crippen LogP contribution >= 0.6 is 0 Å². The number of hydrogen-bond acceptors (Lipinski definition) is 6. The zero-order valence-corrected chi connectivity index (χ0v) is 19.9. The van der Waals surface area contributed by atoms with E-state index in [1.165, 1.54) is 12.5 Å². The van der Waals surface area contributed by atoms with Crippen LogP contribution in [0.5, 0.6) is 17.2 Å². The molecule has 0 saturated carbocycles. The topological polar surface area (TPSA) is 68.2 Å². The molecule has 0 bridgehead atoms. The van der Waals surface area contributed by atoms with Crippen molar-refractivity contribution in [2.45, 2.75) is 25.5 Å². The lowest BCUT2D eigenvalue weighted by Gasteiger charge is -2.39. The number of fused-ring (bicyclic) bond motifs is 1. The number of rotatable bonds is 9. The molecular formula is C28H31NO5. The lowest BCUT2D eigenvalue weighted by Crippen LogP contribution is -2.42. The van der Waals surface area contributed by atoms with Crippen LogP contribution in [0.2, 0.25) is 0 Å². The molecule has 0 aromatic heterocycles. The van der Waals surface area contributed by atoms with Crippen LogP contribution in [0.4, 0.5) is 0 Å². The number of aliphatic hydroxyl groups excluding tert-OH is 1. The fraction of sp³-hybridized carbons (Fsp3) is 0.321. The number of β-amino-alcohol motifs (C(OH)–C–C–N with tert-alkyl or cyclic N) is 1. The molecule has 2 atom stereocenters. The molecule has 3 aromatic rings. The average molecular weight is 462 g/mol. The maximum absolute atomic E-state index is 11.5. The molecule has 0 aliphatic carbocycles. The van der Waals surface area contributed by atoms with Crippen LogP contribution in [0.3, 0.4) is 0 Å². The highest BCUT2D eigenvalue weighted by molar-refractivity contribution is 5.94. The molecule has 1 aliphatic heterocycles. The van der Waals surface area contributed by atoms with E-state index in [2.05, 4.69) is 29.2 Å². The number of Topliss-reactive ketones (excluding diaryl/α,β-unsaturated/α-hetero) is 1. The van der Waals surface area contributed by atoms with Crippen molar-refractivity contribution in [3.63, 3.8) is 0 Å². The first-order valence-corrected chi connectivity index (χ1v) is 11.5. The summed E-state index contributed by atoms with van der Waals surface area (Å²) < 4.78 is 16.9. The summed E-state index contributed by atoms with van der Waals surface area (Å²) in [4.78, 5) is 13.7. The van der Waals surface area contributed by atoms with Gasteiger partial charge >= 0.3 is 0 Å². The highest BCUT2D eigenvalue weighted by Crippen LogP contribution is 2.41. The van der Waals surface area contributed by atoms with Gasteiger partial charge in [-0.15, -0.1) is 0 Å². The minimum atomic E-state index is -0.680. The minimum Gasteiger partial charge on any atom is -0.493 e. The van der Waals surface area contributed by atoms with Gasteiger partial charge in [-0.05, 0) is 66.4 Å². The van der Waals surface area contributed by atoms with Crippen molar-refractivity contribution in [1.29, 1.82) is 0 Å². The molecule has 0 saturated heterocycles. The Bertz CT molecular complexity index is 1110. The van der Waals surface area contributed by atoms with E-state index in [1.54, 1.807) is 38.5 Å². The average Bonchev–Trinajstić information content (AvgIpc) is 2.87. The van der Waals surface area contributed by atoms with Crippen molar-refractivity contribution in [3.05, 3.63) is 89.0 Å². The van der Waals surface area contributed by atoms with Crippen molar-refractivity contribution in [2.24, 2.45) is 0 Å². The van der Waals surface area contributed by atoms with E-state index in [1.807, 2.05) is 18.2 Å². The number of carbonyl (C=O) groups excluding carboxylic acids is 1. The second-order valence-electron chi connectivity index (χ2n) is 8.51. The van der Waals surface area contributed by atoms with Crippen LogP contribution in [0.25, 0.3) is 0 Å². The Morgan fingerprint density at radius 1 is 1.03 bits per heavy atom. The quantitative estimate of drug-likeness (QED) is 0.480. The Morgan fingerprint density at radius 2 is 1.71 bits per heavy atom. The zero-order valence-electron chi connectivity index (χ0n) is 19.9. The van der Waals surface area contributed by atoms with Crippen molar-refractivity contribution < 1.29 is 24.1 Å². The standard InChI is InChI=1S/C28H31NO5/c1-19(30)20-9-11-24(12-10-20)34-18-23(31)17-29-14-13-22-15-26(32-2)27(33-3)16-25(22)28(29)21-7-5-4-6-8-21/h4-12,15-16,23,28,31H,13-14,17-18H2,1-3H3/t23-,28+/m1/s1. The Labute approximate surface area is 200 Å². The number of ketones is 1. The van der Waals surface area contributed by atoms with Crippen LogP contribution in [-0.4, -0.2) is 55.8 Å². The normalized spacial score (nSPS) is 16.4. The Hall–Kier alpha value is -3.35. The maximum atomic E-state index is 11.5. The van der Waals surface area contributed by atoms with Crippen LogP contribution in [0.15, 0.2) is 66.7 Å². The summed E-state index contributed by atoms with van der Waals surface area (Å²) in [6.07, 6.45) is 0.166. The van der Waals surface area contributed by atoms with Gasteiger partial charge < -0.3 is 19.3 Å². The summed E-state index contributed by atoms with van der Waals surface area (Å²) in [5.74, 6) is 2.07. The van der Waals surface area contributed by atoms with Crippen LogP contribution in [0, 0.1) is 0 Å². The largest absolute Gasteiger partial charge is 0.493 e. The molecule has 1 heterocycles. The lowest BCUT2D eigenvalue weighted by atomic mass is 9.87. The molecule has 0 fully saturated rings. The van der Waals surface area contributed by atoms with Crippen molar-refractivity contribution in [3.8, 4) is 17.2 Å². The maximum Gasteiger partial charge on any atom is 0.161 e. The number of ether oxygens (including phenoxy) is 3. The van der Waals surface area contributed by atoms with E-state index in [4.69, 9.17) is 14.2 Å². The van der Waals surface area contributed by atoms with E-state index in [9.17, 15) is 9.90 Å². The Kier molecular flexibility index (Phi) is 7.50. The van der Waals surface area contributed by atoms with Crippen LogP contribution in [0.1, 0.15) is 40.0 Å². The molecule has 0 spiro atoms. The third-order valence-corrected chi connectivity index (χ3v) is 6.24. The van der Waals surface area contributed by atoms with E-state index >= 15 is 0 Å². The molecule has 4 rings (SSSR count). The van der Waals surface area contributed by atoms with E-state index < -0.39 is 6.10 Å². The Balaban J connectivity index is 1.53. The van der Waals surface area contributed by atoms with Gasteiger partial charge in [0.15, 0.2) is 17.3 Å². The highest BCUT2D eigenvalue weighted by Gasteiger charge is 2.31. The van der Waals surface area contributed by atoms with E-state index in [-0.39, 0.29) is 18.4 Å². The molecular weight excluding hydrogens is 430 g/mol. The second-order valence-corrected chi connectivity index (χ2v) is 8.51. The number of nitrogens with zero attached hydrogens (tertiary/aromatic N) is 1. The fourth-order valence-corrected chi connectivity index (χ4v) is 4.52. The monoisotopic (exact) mass is 461 g/mol. The zero-order chi connectivity index (χ0) is 24.1. The van der Waals surface area contributed by atoms with Crippen molar-refractivity contribution >= 4 is 5.78 Å². The molecule has 0 radical (unpaired) electrons. The van der Waals surface area contributed by atoms with Crippen LogP contribution < -0.4 is 14.2 Å². The molecule has 1 aliphatic rings. The van der Waals surface area contributed by atoms with Gasteiger partial charge in [0.2, 0.25) is 0 Å². The molecule has 0 unspecified atom stereocenters. The minimum absolute atomic E-state index is 0.0122. The smallest absolute Gasteiger partial charge is 0.161 e. The molecule has 0 amide bonds. The molecule has 1 N–H and O–H groups in total. The first-order chi connectivity index (χ1) is 16.5. The number of carbonyl (C=O) groups is 1. The van der Waals surface area contributed by atoms with Gasteiger partial charge in [0, 0.05) is 18.7 Å².